The second-order valence-electron chi connectivity index (χ2n) is 8.20. The first-order chi connectivity index (χ1) is 16.9. The molecule has 1 fully saturated rings. The molecule has 2 N–H and O–H groups in total. The quantitative estimate of drug-likeness (QED) is 0.533. The van der Waals surface area contributed by atoms with E-state index in [9.17, 15) is 14.4 Å². The second kappa shape index (κ2) is 11.8. The first-order valence-corrected chi connectivity index (χ1v) is 11.8. The molecule has 4 amide bonds. The van der Waals surface area contributed by atoms with Crippen molar-refractivity contribution in [3.63, 3.8) is 0 Å². The number of nitrogens with one attached hydrogen (secondary N) is 2. The van der Waals surface area contributed by atoms with E-state index in [1.165, 1.54) is 19.1 Å². The standard InChI is InChI=1S/C24H35N5O6/c1-6-25-23(31)29-13-11-28(12-14-29)15-17-19(22(30)35-7-2)20(26-24(32)27(17)3)16-9-8-10-18(33-4)21(16)34-5/h8-10,20H,6-7,11-15H2,1-5H3,(H,25,31)(H,26,32)/t20-/m0/s1. The van der Waals surface area contributed by atoms with Crippen molar-refractivity contribution in [3.05, 3.63) is 35.0 Å². The smallest absolute Gasteiger partial charge is 0.338 e. The molecular weight excluding hydrogens is 454 g/mol. The molecule has 11 heteroatoms. The van der Waals surface area contributed by atoms with Gasteiger partial charge in [0, 0.05) is 57.6 Å². The van der Waals surface area contributed by atoms with E-state index in [0.717, 1.165) is 0 Å². The summed E-state index contributed by atoms with van der Waals surface area (Å²) in [5.41, 5.74) is 1.48. The zero-order chi connectivity index (χ0) is 25.5. The number of para-hydroxylation sites is 1. The molecule has 0 aliphatic carbocycles. The van der Waals surface area contributed by atoms with Gasteiger partial charge in [-0.05, 0) is 19.9 Å². The van der Waals surface area contributed by atoms with Gasteiger partial charge in [-0.25, -0.2) is 14.4 Å². The third kappa shape index (κ3) is 5.61. The number of urea groups is 2. The van der Waals surface area contributed by atoms with E-state index in [1.54, 1.807) is 37.1 Å². The zero-order valence-electron chi connectivity index (χ0n) is 21.1. The van der Waals surface area contributed by atoms with Crippen LogP contribution in [0.15, 0.2) is 29.5 Å². The number of esters is 1. The van der Waals surface area contributed by atoms with E-state index in [-0.39, 0.29) is 18.7 Å². The van der Waals surface area contributed by atoms with Gasteiger partial charge in [-0.1, -0.05) is 12.1 Å². The lowest BCUT2D eigenvalue weighted by molar-refractivity contribution is -0.139. The molecule has 35 heavy (non-hydrogen) atoms. The van der Waals surface area contributed by atoms with E-state index in [1.807, 2.05) is 6.92 Å². The molecule has 2 aliphatic heterocycles. The predicted molar refractivity (Wildman–Crippen MR) is 129 cm³/mol. The van der Waals surface area contributed by atoms with Gasteiger partial charge in [0.15, 0.2) is 11.5 Å². The number of likely N-dealkylation sites (N-methyl/N-ethyl adjacent to an activating group) is 1. The average Bonchev–Trinajstić information content (AvgIpc) is 2.86. The van der Waals surface area contributed by atoms with Crippen LogP contribution in [-0.2, 0) is 9.53 Å². The Labute approximate surface area is 206 Å². The first-order valence-electron chi connectivity index (χ1n) is 11.8. The Bertz CT molecular complexity index is 973. The fourth-order valence-corrected chi connectivity index (χ4v) is 4.35. The molecule has 0 spiro atoms. The van der Waals surface area contributed by atoms with Crippen LogP contribution < -0.4 is 20.1 Å². The van der Waals surface area contributed by atoms with Crippen LogP contribution in [0.1, 0.15) is 25.5 Å². The fraction of sp³-hybridized carbons (Fsp3) is 0.542. The Kier molecular flexibility index (Phi) is 8.80. The molecule has 0 radical (unpaired) electrons. The topological polar surface area (TPSA) is 113 Å². The van der Waals surface area contributed by atoms with Crippen molar-refractivity contribution in [2.75, 3.05) is 67.1 Å². The molecule has 1 saturated heterocycles. The highest BCUT2D eigenvalue weighted by molar-refractivity contribution is 5.95. The summed E-state index contributed by atoms with van der Waals surface area (Å²) in [6, 6.07) is 4.11. The minimum absolute atomic E-state index is 0.0853. The zero-order valence-corrected chi connectivity index (χ0v) is 21.1. The summed E-state index contributed by atoms with van der Waals surface area (Å²) in [7, 11) is 4.68. The number of piperazine rings is 1. The molecule has 0 saturated carbocycles. The number of hydrogen-bond acceptors (Lipinski definition) is 7. The number of rotatable bonds is 8. The molecule has 0 aromatic heterocycles. The summed E-state index contributed by atoms with van der Waals surface area (Å²) in [6.45, 7) is 7.07. The molecule has 2 aliphatic rings. The maximum absolute atomic E-state index is 13.2. The van der Waals surface area contributed by atoms with Crippen molar-refractivity contribution in [2.24, 2.45) is 0 Å². The Balaban J connectivity index is 1.98. The summed E-state index contributed by atoms with van der Waals surface area (Å²) >= 11 is 0. The summed E-state index contributed by atoms with van der Waals surface area (Å²) in [6.07, 6.45) is 0. The fourth-order valence-electron chi connectivity index (χ4n) is 4.35. The van der Waals surface area contributed by atoms with Gasteiger partial charge in [-0.15, -0.1) is 0 Å². The third-order valence-corrected chi connectivity index (χ3v) is 6.18. The highest BCUT2D eigenvalue weighted by atomic mass is 16.5. The number of carbonyl (C=O) groups excluding carboxylic acids is 3. The van der Waals surface area contributed by atoms with Gasteiger partial charge in [0.1, 0.15) is 0 Å². The van der Waals surface area contributed by atoms with Crippen molar-refractivity contribution in [1.82, 2.24) is 25.3 Å². The number of benzene rings is 1. The number of nitrogens with zero attached hydrogens (tertiary/aromatic N) is 3. The molecule has 1 atom stereocenters. The third-order valence-electron chi connectivity index (χ3n) is 6.18. The van der Waals surface area contributed by atoms with Crippen LogP contribution in [0, 0.1) is 0 Å². The molecule has 11 nitrogen and oxygen atoms in total. The highest BCUT2D eigenvalue weighted by Gasteiger charge is 2.39. The lowest BCUT2D eigenvalue weighted by Gasteiger charge is -2.39. The van der Waals surface area contributed by atoms with E-state index >= 15 is 0 Å². The summed E-state index contributed by atoms with van der Waals surface area (Å²) in [5, 5.41) is 5.73. The molecule has 0 unspecified atom stereocenters. The SMILES string of the molecule is CCNC(=O)N1CCN(CC2=C(C(=O)OCC)[C@H](c3cccc(OC)c3OC)NC(=O)N2C)CC1. The van der Waals surface area contributed by atoms with Gasteiger partial charge in [-0.3, -0.25) is 9.80 Å². The van der Waals surface area contributed by atoms with Crippen LogP contribution in [0.25, 0.3) is 0 Å². The average molecular weight is 490 g/mol. The van der Waals surface area contributed by atoms with Crippen LogP contribution in [-0.4, -0.2) is 99.9 Å². The van der Waals surface area contributed by atoms with E-state index < -0.39 is 12.0 Å². The summed E-state index contributed by atoms with van der Waals surface area (Å²) < 4.78 is 16.4. The van der Waals surface area contributed by atoms with Crippen LogP contribution in [0.4, 0.5) is 9.59 Å². The summed E-state index contributed by atoms with van der Waals surface area (Å²) in [4.78, 5) is 43.7. The van der Waals surface area contributed by atoms with E-state index in [4.69, 9.17) is 14.2 Å². The van der Waals surface area contributed by atoms with Gasteiger partial charge in [0.2, 0.25) is 0 Å². The first kappa shape index (κ1) is 26.1. The highest BCUT2D eigenvalue weighted by Crippen LogP contribution is 2.40. The van der Waals surface area contributed by atoms with Crippen molar-refractivity contribution in [2.45, 2.75) is 19.9 Å². The van der Waals surface area contributed by atoms with Gasteiger partial charge in [0.05, 0.1) is 32.4 Å². The van der Waals surface area contributed by atoms with Crippen LogP contribution in [0.3, 0.4) is 0 Å². The second-order valence-corrected chi connectivity index (χ2v) is 8.20. The lowest BCUT2D eigenvalue weighted by Crippen LogP contribution is -2.54. The molecule has 1 aromatic rings. The van der Waals surface area contributed by atoms with Crippen molar-refractivity contribution in [3.8, 4) is 11.5 Å². The summed E-state index contributed by atoms with van der Waals surface area (Å²) in [5.74, 6) is 0.413. The van der Waals surface area contributed by atoms with Gasteiger partial charge in [0.25, 0.3) is 0 Å². The maximum atomic E-state index is 13.2. The Hall–Kier alpha value is -3.47. The normalized spacial score (nSPS) is 18.8. The van der Waals surface area contributed by atoms with Crippen LogP contribution >= 0.6 is 0 Å². The number of carbonyl (C=O) groups is 3. The van der Waals surface area contributed by atoms with Crippen molar-refractivity contribution in [1.29, 1.82) is 0 Å². The number of ether oxygens (including phenoxy) is 3. The monoisotopic (exact) mass is 489 g/mol. The number of methoxy groups -OCH3 is 2. The molecule has 3 rings (SSSR count). The van der Waals surface area contributed by atoms with Crippen molar-refractivity contribution >= 4 is 18.0 Å². The number of amides is 4. The predicted octanol–water partition coefficient (Wildman–Crippen LogP) is 1.56. The van der Waals surface area contributed by atoms with Crippen molar-refractivity contribution < 1.29 is 28.6 Å². The molecule has 2 heterocycles. The molecule has 0 bridgehead atoms. The van der Waals surface area contributed by atoms with E-state index in [2.05, 4.69) is 15.5 Å². The largest absolute Gasteiger partial charge is 0.493 e. The maximum Gasteiger partial charge on any atom is 0.338 e. The molecule has 1 aromatic carbocycles. The van der Waals surface area contributed by atoms with Gasteiger partial charge in [-0.2, -0.15) is 0 Å². The molecule has 192 valence electrons. The van der Waals surface area contributed by atoms with Gasteiger partial charge >= 0.3 is 18.0 Å². The van der Waals surface area contributed by atoms with E-state index in [0.29, 0.717) is 67.6 Å². The molecular formula is C24H35N5O6. The Morgan fingerprint density at radius 1 is 1.11 bits per heavy atom. The Morgan fingerprint density at radius 2 is 1.83 bits per heavy atom. The van der Waals surface area contributed by atoms with Crippen LogP contribution in [0.2, 0.25) is 0 Å². The minimum atomic E-state index is -0.783. The Morgan fingerprint density at radius 3 is 2.43 bits per heavy atom. The van der Waals surface area contributed by atoms with Crippen LogP contribution in [0.5, 0.6) is 11.5 Å². The van der Waals surface area contributed by atoms with Gasteiger partial charge < -0.3 is 29.7 Å². The lowest BCUT2D eigenvalue weighted by atomic mass is 9.93. The number of hydrogen-bond donors (Lipinski definition) is 2. The minimum Gasteiger partial charge on any atom is -0.493 e.